The van der Waals surface area contributed by atoms with E-state index in [0.29, 0.717) is 34.0 Å². The molecule has 0 aromatic heterocycles. The van der Waals surface area contributed by atoms with Crippen LogP contribution in [0.5, 0.6) is 11.5 Å². The zero-order chi connectivity index (χ0) is 18.3. The number of imide groups is 1. The van der Waals surface area contributed by atoms with E-state index in [2.05, 4.69) is 0 Å². The molecule has 1 aliphatic rings. The van der Waals surface area contributed by atoms with Crippen molar-refractivity contribution < 1.29 is 14.3 Å². The van der Waals surface area contributed by atoms with Crippen molar-refractivity contribution in [1.82, 2.24) is 0 Å². The highest BCUT2D eigenvalue weighted by Crippen LogP contribution is 2.33. The van der Waals surface area contributed by atoms with Crippen molar-refractivity contribution in [3.05, 3.63) is 83.4 Å². The van der Waals surface area contributed by atoms with Gasteiger partial charge >= 0.3 is 0 Å². The quantitative estimate of drug-likeness (QED) is 0.572. The maximum atomic E-state index is 12.8. The summed E-state index contributed by atoms with van der Waals surface area (Å²) in [5.74, 6) is 0.367. The Morgan fingerprint density at radius 2 is 1.54 bits per heavy atom. The Morgan fingerprint density at radius 1 is 0.808 bits per heavy atom. The minimum absolute atomic E-state index is 0.324. The molecular formula is C21H16N2O3. The number of aryl methyl sites for hydroxylation is 1. The lowest BCUT2D eigenvalue weighted by atomic mass is 10.1. The van der Waals surface area contributed by atoms with E-state index in [1.54, 1.807) is 54.6 Å². The lowest BCUT2D eigenvalue weighted by Crippen LogP contribution is -2.29. The van der Waals surface area contributed by atoms with Gasteiger partial charge in [0.2, 0.25) is 0 Å². The second-order valence-electron chi connectivity index (χ2n) is 6.11. The number of anilines is 2. The van der Waals surface area contributed by atoms with Crippen LogP contribution in [0.25, 0.3) is 0 Å². The Hall–Kier alpha value is -3.60. The fraction of sp³-hybridized carbons (Fsp3) is 0.0476. The normalized spacial score (nSPS) is 13.0. The molecule has 4 rings (SSSR count). The Kier molecular flexibility index (Phi) is 3.69. The molecule has 0 bridgehead atoms. The van der Waals surface area contributed by atoms with Crippen molar-refractivity contribution in [2.75, 3.05) is 10.6 Å². The van der Waals surface area contributed by atoms with E-state index in [-0.39, 0.29) is 11.8 Å². The molecule has 2 amide bonds. The van der Waals surface area contributed by atoms with Crippen molar-refractivity contribution >= 4 is 23.2 Å². The van der Waals surface area contributed by atoms with Gasteiger partial charge in [-0.05, 0) is 48.9 Å². The van der Waals surface area contributed by atoms with Gasteiger partial charge in [-0.1, -0.05) is 24.3 Å². The van der Waals surface area contributed by atoms with Crippen molar-refractivity contribution in [2.45, 2.75) is 6.92 Å². The van der Waals surface area contributed by atoms with Crippen LogP contribution in [0.3, 0.4) is 0 Å². The van der Waals surface area contributed by atoms with E-state index in [9.17, 15) is 9.59 Å². The number of benzene rings is 3. The largest absolute Gasteiger partial charge is 0.457 e. The third-order valence-corrected chi connectivity index (χ3v) is 4.31. The number of carbonyl (C=O) groups excluding carboxylic acids is 2. The molecule has 0 saturated carbocycles. The Morgan fingerprint density at radius 3 is 2.31 bits per heavy atom. The number of carbonyl (C=O) groups is 2. The molecule has 5 heteroatoms. The van der Waals surface area contributed by atoms with Gasteiger partial charge in [-0.25, -0.2) is 4.90 Å². The number of rotatable bonds is 3. The van der Waals surface area contributed by atoms with Crippen molar-refractivity contribution in [3.8, 4) is 11.5 Å². The number of nitrogens with two attached hydrogens (primary N) is 1. The predicted octanol–water partition coefficient (Wildman–Crippen LogP) is 4.17. The number of nitrogens with zero attached hydrogens (tertiary/aromatic N) is 1. The fourth-order valence-corrected chi connectivity index (χ4v) is 3.03. The summed E-state index contributed by atoms with van der Waals surface area (Å²) in [6.07, 6.45) is 0. The molecule has 0 aliphatic carbocycles. The first-order valence-electron chi connectivity index (χ1n) is 8.16. The first-order chi connectivity index (χ1) is 12.5. The average Bonchev–Trinajstić information content (AvgIpc) is 2.86. The van der Waals surface area contributed by atoms with Crippen LogP contribution in [0.4, 0.5) is 11.4 Å². The van der Waals surface area contributed by atoms with Crippen LogP contribution in [0.1, 0.15) is 26.3 Å². The maximum Gasteiger partial charge on any atom is 0.266 e. The molecular weight excluding hydrogens is 328 g/mol. The second-order valence-corrected chi connectivity index (χ2v) is 6.11. The Balaban J connectivity index is 1.69. The summed E-state index contributed by atoms with van der Waals surface area (Å²) in [5.41, 5.74) is 8.50. The van der Waals surface area contributed by atoms with Gasteiger partial charge in [0, 0.05) is 11.8 Å². The highest BCUT2D eigenvalue weighted by molar-refractivity contribution is 6.34. The molecule has 0 atom stereocenters. The molecule has 0 radical (unpaired) electrons. The number of nitrogen functional groups attached to an aromatic ring is 1. The first kappa shape index (κ1) is 15.9. The number of hydrogen-bond donors (Lipinski definition) is 1. The molecule has 0 unspecified atom stereocenters. The van der Waals surface area contributed by atoms with Crippen LogP contribution < -0.4 is 15.4 Å². The maximum absolute atomic E-state index is 12.8. The standard InChI is InChI=1S/C21H16N2O3/c1-13-5-2-3-8-19(13)23-20(24)17-10-9-16(12-18(17)21(23)25)26-15-7-4-6-14(22)11-15/h2-12H,22H2,1H3. The smallest absolute Gasteiger partial charge is 0.266 e. The molecule has 0 saturated heterocycles. The van der Waals surface area contributed by atoms with Crippen molar-refractivity contribution in [3.63, 3.8) is 0 Å². The minimum atomic E-state index is -0.350. The number of ether oxygens (including phenoxy) is 1. The zero-order valence-corrected chi connectivity index (χ0v) is 14.1. The molecule has 3 aromatic carbocycles. The molecule has 2 N–H and O–H groups in total. The Labute approximate surface area is 150 Å². The minimum Gasteiger partial charge on any atom is -0.457 e. The first-order valence-corrected chi connectivity index (χ1v) is 8.16. The highest BCUT2D eigenvalue weighted by atomic mass is 16.5. The fourth-order valence-electron chi connectivity index (χ4n) is 3.03. The molecule has 0 fully saturated rings. The van der Waals surface area contributed by atoms with Crippen LogP contribution >= 0.6 is 0 Å². The van der Waals surface area contributed by atoms with Gasteiger partial charge in [-0.15, -0.1) is 0 Å². The number of para-hydroxylation sites is 1. The predicted molar refractivity (Wildman–Crippen MR) is 99.7 cm³/mol. The highest BCUT2D eigenvalue weighted by Gasteiger charge is 2.37. The average molecular weight is 344 g/mol. The van der Waals surface area contributed by atoms with Gasteiger partial charge < -0.3 is 10.5 Å². The summed E-state index contributed by atoms with van der Waals surface area (Å²) in [6.45, 7) is 1.87. The van der Waals surface area contributed by atoms with Gasteiger partial charge in [0.05, 0.1) is 16.8 Å². The van der Waals surface area contributed by atoms with Crippen LogP contribution in [-0.2, 0) is 0 Å². The third kappa shape index (κ3) is 2.59. The monoisotopic (exact) mass is 344 g/mol. The van der Waals surface area contributed by atoms with Crippen LogP contribution in [0, 0.1) is 6.92 Å². The van der Waals surface area contributed by atoms with Crippen molar-refractivity contribution in [1.29, 1.82) is 0 Å². The Bertz CT molecular complexity index is 1040. The lowest BCUT2D eigenvalue weighted by molar-refractivity contribution is 0.0926. The van der Waals surface area contributed by atoms with Crippen LogP contribution in [0.2, 0.25) is 0 Å². The SMILES string of the molecule is Cc1ccccc1N1C(=O)c2ccc(Oc3cccc(N)c3)cc2C1=O. The molecule has 3 aromatic rings. The van der Waals surface area contributed by atoms with Crippen LogP contribution in [-0.4, -0.2) is 11.8 Å². The van der Waals surface area contributed by atoms with Gasteiger partial charge in [-0.2, -0.15) is 0 Å². The molecule has 0 spiro atoms. The number of fused-ring (bicyclic) bond motifs is 1. The van der Waals surface area contributed by atoms with Crippen LogP contribution in [0.15, 0.2) is 66.7 Å². The summed E-state index contributed by atoms with van der Waals surface area (Å²) < 4.78 is 5.77. The molecule has 5 nitrogen and oxygen atoms in total. The van der Waals surface area contributed by atoms with E-state index in [0.717, 1.165) is 5.56 Å². The van der Waals surface area contributed by atoms with E-state index in [1.165, 1.54) is 4.90 Å². The summed E-state index contributed by atoms with van der Waals surface area (Å²) in [5, 5.41) is 0. The molecule has 26 heavy (non-hydrogen) atoms. The summed E-state index contributed by atoms with van der Waals surface area (Å²) in [7, 11) is 0. The van der Waals surface area contributed by atoms with E-state index < -0.39 is 0 Å². The van der Waals surface area contributed by atoms with E-state index in [4.69, 9.17) is 10.5 Å². The summed E-state index contributed by atoms with van der Waals surface area (Å²) in [6, 6.07) is 19.2. The van der Waals surface area contributed by atoms with Gasteiger partial charge in [0.1, 0.15) is 11.5 Å². The third-order valence-electron chi connectivity index (χ3n) is 4.31. The molecule has 128 valence electrons. The zero-order valence-electron chi connectivity index (χ0n) is 14.1. The van der Waals surface area contributed by atoms with Gasteiger partial charge in [-0.3, -0.25) is 9.59 Å². The second kappa shape index (κ2) is 6.04. The van der Waals surface area contributed by atoms with E-state index in [1.807, 2.05) is 19.1 Å². The molecule has 1 aliphatic heterocycles. The van der Waals surface area contributed by atoms with Gasteiger partial charge in [0.25, 0.3) is 11.8 Å². The van der Waals surface area contributed by atoms with Crippen molar-refractivity contribution in [2.24, 2.45) is 0 Å². The lowest BCUT2D eigenvalue weighted by Gasteiger charge is -2.16. The van der Waals surface area contributed by atoms with E-state index >= 15 is 0 Å². The molecule has 1 heterocycles. The number of hydrogen-bond acceptors (Lipinski definition) is 4. The summed E-state index contributed by atoms with van der Waals surface area (Å²) in [4.78, 5) is 26.8. The topological polar surface area (TPSA) is 72.6 Å². The van der Waals surface area contributed by atoms with Gasteiger partial charge in [0.15, 0.2) is 0 Å². The summed E-state index contributed by atoms with van der Waals surface area (Å²) >= 11 is 0. The number of amides is 2.